The summed E-state index contributed by atoms with van der Waals surface area (Å²) < 4.78 is 20.8. The monoisotopic (exact) mass is 910 g/mol. The zero-order valence-electron chi connectivity index (χ0n) is 37.6. The van der Waals surface area contributed by atoms with Crippen molar-refractivity contribution in [1.82, 2.24) is 35.0 Å². The number of anilines is 1. The number of carbonyl (C=O) groups is 1. The number of aliphatic imine (C=N–C) groups is 1. The zero-order valence-corrected chi connectivity index (χ0v) is 39.1. The summed E-state index contributed by atoms with van der Waals surface area (Å²) in [6.45, 7) is 16.3. The van der Waals surface area contributed by atoms with Crippen molar-refractivity contribution in [1.29, 1.82) is 5.26 Å². The predicted molar refractivity (Wildman–Crippen MR) is 247 cm³/mol. The summed E-state index contributed by atoms with van der Waals surface area (Å²) in [5.41, 5.74) is 4.53. The molecule has 16 heteroatoms. The van der Waals surface area contributed by atoms with E-state index in [0.717, 1.165) is 78.0 Å². The molecule has 4 aliphatic rings. The minimum Gasteiger partial charge on any atom is -0.490 e. The molecular formula is C49H51ClN10O4S. The Balaban J connectivity index is 0.738. The van der Waals surface area contributed by atoms with Gasteiger partial charge in [-0.05, 0) is 93.8 Å². The molecule has 334 valence electrons. The van der Waals surface area contributed by atoms with E-state index in [-0.39, 0.29) is 46.4 Å². The van der Waals surface area contributed by atoms with Crippen LogP contribution in [-0.2, 0) is 6.42 Å². The van der Waals surface area contributed by atoms with Crippen molar-refractivity contribution in [2.45, 2.75) is 105 Å². The molecule has 2 aliphatic heterocycles. The predicted octanol–water partition coefficient (Wildman–Crippen LogP) is 9.13. The first-order valence-corrected chi connectivity index (χ1v) is 23.3. The van der Waals surface area contributed by atoms with Gasteiger partial charge in [-0.15, -0.1) is 21.5 Å². The lowest BCUT2D eigenvalue weighted by Crippen LogP contribution is -2.74. The fourth-order valence-corrected chi connectivity index (χ4v) is 12.3. The summed E-state index contributed by atoms with van der Waals surface area (Å²) in [4.78, 5) is 36.0. The third-order valence-electron chi connectivity index (χ3n) is 14.3. The van der Waals surface area contributed by atoms with E-state index in [0.29, 0.717) is 40.2 Å². The van der Waals surface area contributed by atoms with Crippen LogP contribution in [-0.4, -0.2) is 72.7 Å². The standard InChI is InChI=1S/C49H51ClN10O4S/c1-27-28(2)65-43-39(27)40(55-37(21-38-52-16-19-62-38)41-58-57-29(3)60(41)43)30-8-11-33(12-9-30)63-35-22-49(23-35)14-17-59(18-15-49)46-53-25-32(26-54-46)42(61)56-44-47(4,5)45(48(44,6)7)64-34-13-10-31(24-51)36(50)20-34/h8-13,16,19-20,25-26,35,37,44-45H,14-15,17-18,21-23H2,1-7H3,(H,56,61)/t37-,44?,45?/m0/s1. The van der Waals surface area contributed by atoms with Crippen LogP contribution in [0.5, 0.6) is 11.5 Å². The maximum atomic E-state index is 13.5. The Morgan fingerprint density at radius 1 is 0.969 bits per heavy atom. The summed E-state index contributed by atoms with van der Waals surface area (Å²) in [5.74, 6) is 4.07. The number of rotatable bonds is 10. The molecule has 1 N–H and O–H groups in total. The van der Waals surface area contributed by atoms with Crippen LogP contribution in [0.3, 0.4) is 0 Å². The number of piperidine rings is 1. The number of carbonyl (C=O) groups excluding carboxylic acids is 1. The number of nitrogens with one attached hydrogen (secondary N) is 1. The largest absolute Gasteiger partial charge is 0.490 e. The molecule has 14 nitrogen and oxygen atoms in total. The molecule has 1 amide bonds. The first-order valence-electron chi connectivity index (χ1n) is 22.1. The Morgan fingerprint density at radius 3 is 2.34 bits per heavy atom. The average Bonchev–Trinajstić information content (AvgIpc) is 3.99. The highest BCUT2D eigenvalue weighted by Gasteiger charge is 2.64. The van der Waals surface area contributed by atoms with E-state index in [1.54, 1.807) is 54.4 Å². The van der Waals surface area contributed by atoms with Crippen LogP contribution in [0.1, 0.15) is 114 Å². The second kappa shape index (κ2) is 16.1. The second-order valence-electron chi connectivity index (χ2n) is 19.3. The summed E-state index contributed by atoms with van der Waals surface area (Å²) in [7, 11) is 0. The van der Waals surface area contributed by atoms with Crippen LogP contribution in [0.25, 0.3) is 5.00 Å². The van der Waals surface area contributed by atoms with Crippen molar-refractivity contribution in [3.05, 3.63) is 123 Å². The summed E-state index contributed by atoms with van der Waals surface area (Å²) in [6.07, 6.45) is 11.0. The van der Waals surface area contributed by atoms with Crippen molar-refractivity contribution >= 4 is 40.5 Å². The normalized spacial score (nSPS) is 21.5. The molecule has 1 spiro atoms. The highest BCUT2D eigenvalue weighted by Crippen LogP contribution is 2.56. The molecule has 6 aromatic rings. The molecular weight excluding hydrogens is 860 g/mol. The van der Waals surface area contributed by atoms with Crippen molar-refractivity contribution in [3.8, 4) is 22.6 Å². The number of amides is 1. The molecule has 0 bridgehead atoms. The number of halogens is 1. The molecule has 2 saturated carbocycles. The third-order valence-corrected chi connectivity index (χ3v) is 15.8. The molecule has 1 saturated heterocycles. The Kier molecular flexibility index (Phi) is 10.6. The van der Waals surface area contributed by atoms with E-state index < -0.39 is 0 Å². The molecule has 0 unspecified atom stereocenters. The first kappa shape index (κ1) is 42.8. The molecule has 10 rings (SSSR count). The van der Waals surface area contributed by atoms with Crippen molar-refractivity contribution in [2.24, 2.45) is 21.2 Å². The number of ether oxygens (including phenoxy) is 2. The smallest absolute Gasteiger partial charge is 0.254 e. The van der Waals surface area contributed by atoms with E-state index in [4.69, 9.17) is 30.5 Å². The molecule has 6 heterocycles. The lowest BCUT2D eigenvalue weighted by molar-refractivity contribution is -0.164. The molecule has 4 aromatic heterocycles. The number of nitrogens with zero attached hydrogens (tertiary/aromatic N) is 9. The lowest BCUT2D eigenvalue weighted by Gasteiger charge is -2.63. The number of hydrogen-bond acceptors (Lipinski definition) is 13. The van der Waals surface area contributed by atoms with E-state index in [2.05, 4.69) is 112 Å². The number of hydrogen-bond donors (Lipinski definition) is 1. The zero-order chi connectivity index (χ0) is 45.4. The topological polar surface area (TPSA) is 169 Å². The van der Waals surface area contributed by atoms with Crippen LogP contribution in [0.4, 0.5) is 5.95 Å². The number of oxazole rings is 1. The molecule has 65 heavy (non-hydrogen) atoms. The Hall–Kier alpha value is -6.11. The van der Waals surface area contributed by atoms with Gasteiger partial charge >= 0.3 is 0 Å². The van der Waals surface area contributed by atoms with Gasteiger partial charge in [-0.2, -0.15) is 5.26 Å². The maximum absolute atomic E-state index is 13.5. The van der Waals surface area contributed by atoms with E-state index in [1.807, 2.05) is 6.92 Å². The highest BCUT2D eigenvalue weighted by atomic mass is 35.5. The summed E-state index contributed by atoms with van der Waals surface area (Å²) in [6, 6.07) is 15.0. The van der Waals surface area contributed by atoms with Gasteiger partial charge in [-0.25, -0.2) is 15.0 Å². The number of benzene rings is 2. The van der Waals surface area contributed by atoms with Gasteiger partial charge in [0.15, 0.2) is 11.7 Å². The minimum atomic E-state index is -0.382. The Morgan fingerprint density at radius 2 is 1.68 bits per heavy atom. The number of aryl methyl sites for hydroxylation is 2. The minimum absolute atomic E-state index is 0.157. The van der Waals surface area contributed by atoms with Gasteiger partial charge in [-0.1, -0.05) is 39.3 Å². The maximum Gasteiger partial charge on any atom is 0.254 e. The van der Waals surface area contributed by atoms with Crippen molar-refractivity contribution in [3.63, 3.8) is 0 Å². The Labute approximate surface area is 387 Å². The van der Waals surface area contributed by atoms with Gasteiger partial charge in [0.25, 0.3) is 5.91 Å². The molecule has 1 atom stereocenters. The van der Waals surface area contributed by atoms with Crippen LogP contribution in [0.2, 0.25) is 5.02 Å². The quantitative estimate of drug-likeness (QED) is 0.139. The van der Waals surface area contributed by atoms with Gasteiger partial charge in [0.05, 0.1) is 40.6 Å². The summed E-state index contributed by atoms with van der Waals surface area (Å²) in [5, 5.41) is 23.0. The molecule has 2 aliphatic carbocycles. The summed E-state index contributed by atoms with van der Waals surface area (Å²) >= 11 is 8.01. The Bertz CT molecular complexity index is 2830. The second-order valence-corrected chi connectivity index (χ2v) is 20.9. The van der Waals surface area contributed by atoms with Gasteiger partial charge < -0.3 is 24.1 Å². The van der Waals surface area contributed by atoms with Crippen molar-refractivity contribution in [2.75, 3.05) is 18.0 Å². The lowest BCUT2D eigenvalue weighted by atomic mass is 9.49. The number of thiophene rings is 1. The number of fused-ring (bicyclic) bond motifs is 3. The molecule has 0 radical (unpaired) electrons. The average molecular weight is 912 g/mol. The highest BCUT2D eigenvalue weighted by molar-refractivity contribution is 7.15. The van der Waals surface area contributed by atoms with Gasteiger partial charge in [0.2, 0.25) is 5.95 Å². The van der Waals surface area contributed by atoms with Crippen LogP contribution >= 0.6 is 22.9 Å². The van der Waals surface area contributed by atoms with E-state index in [1.165, 1.54) is 10.4 Å². The van der Waals surface area contributed by atoms with Crippen LogP contribution < -0.4 is 19.7 Å². The SMILES string of the molecule is Cc1sc2c(c1C)C(c1ccc(OC3CC4(CCN(c5ncc(C(=O)NC6C(C)(C)C(Oc7ccc(C#N)c(Cl)c7)C6(C)C)cn5)CC4)C3)cc1)=N[C@@H](Cc1ncco1)c1nnc(C)n1-2. The number of nitriles is 1. The third kappa shape index (κ3) is 7.54. The van der Waals surface area contributed by atoms with Gasteiger partial charge in [0, 0.05) is 64.4 Å². The van der Waals surface area contributed by atoms with E-state index >= 15 is 0 Å². The van der Waals surface area contributed by atoms with E-state index in [9.17, 15) is 10.1 Å². The number of aromatic nitrogens is 6. The fourth-order valence-electron chi connectivity index (χ4n) is 10.9. The molecule has 2 aromatic carbocycles. The van der Waals surface area contributed by atoms with Gasteiger partial charge in [-0.3, -0.25) is 14.4 Å². The van der Waals surface area contributed by atoms with Crippen LogP contribution in [0, 0.1) is 48.3 Å². The van der Waals surface area contributed by atoms with Crippen LogP contribution in [0.15, 0.2) is 76.7 Å². The first-order chi connectivity index (χ1) is 31.1. The van der Waals surface area contributed by atoms with Gasteiger partial charge in [0.1, 0.15) is 46.8 Å². The van der Waals surface area contributed by atoms with Crippen molar-refractivity contribution < 1.29 is 18.7 Å². The fraction of sp³-hybridized carbons (Fsp3) is 0.429. The molecule has 3 fully saturated rings.